The molecule has 0 bridgehead atoms. The van der Waals surface area contributed by atoms with Crippen LogP contribution in [0, 0.1) is 0 Å². The predicted molar refractivity (Wildman–Crippen MR) is 78.6 cm³/mol. The average molecular weight is 273 g/mol. The number of hydrogen-bond acceptors (Lipinski definition) is 3. The summed E-state index contributed by atoms with van der Waals surface area (Å²) >= 11 is 0. The summed E-state index contributed by atoms with van der Waals surface area (Å²) in [5.74, 6) is -0.0416. The Bertz CT molecular complexity index is 635. The van der Waals surface area contributed by atoms with E-state index in [0.717, 1.165) is 23.7 Å². The van der Waals surface area contributed by atoms with Gasteiger partial charge in [0.05, 0.1) is 11.7 Å². The number of carbonyl (C=O) groups excluding carboxylic acids is 1. The molecular weight excluding hydrogens is 254 g/mol. The van der Waals surface area contributed by atoms with Gasteiger partial charge in [0.25, 0.3) is 5.91 Å². The highest BCUT2D eigenvalue weighted by molar-refractivity contribution is 6.07. The normalized spacial score (nSPS) is 22.9. The molecule has 0 spiro atoms. The van der Waals surface area contributed by atoms with E-state index in [1.807, 2.05) is 25.1 Å². The molecule has 5 nitrogen and oxygen atoms in total. The molecular formula is C15H19N3O2. The summed E-state index contributed by atoms with van der Waals surface area (Å²) < 4.78 is 5.49. The summed E-state index contributed by atoms with van der Waals surface area (Å²) in [7, 11) is 0. The monoisotopic (exact) mass is 273 g/mol. The second kappa shape index (κ2) is 5.17. The van der Waals surface area contributed by atoms with Gasteiger partial charge in [0.2, 0.25) is 0 Å². The van der Waals surface area contributed by atoms with Gasteiger partial charge in [-0.15, -0.1) is 0 Å². The number of aromatic amines is 1. The van der Waals surface area contributed by atoms with E-state index in [1.165, 1.54) is 0 Å². The molecule has 0 aliphatic carbocycles. The summed E-state index contributed by atoms with van der Waals surface area (Å²) in [5, 5.41) is 3.99. The van der Waals surface area contributed by atoms with Crippen molar-refractivity contribution in [1.82, 2.24) is 10.3 Å². The molecule has 0 saturated carbocycles. The molecule has 2 heterocycles. The van der Waals surface area contributed by atoms with Crippen molar-refractivity contribution < 1.29 is 9.53 Å². The largest absolute Gasteiger partial charge is 0.399 e. The molecule has 1 aromatic carbocycles. The number of ether oxygens (including phenoxy) is 1. The van der Waals surface area contributed by atoms with Crippen LogP contribution in [-0.2, 0) is 4.74 Å². The standard InChI is InChI=1S/C15H19N3O2/c1-9-6-11(4-5-20-9)18-15(19)13-8-17-14-7-10(16)2-3-12(13)14/h2-3,7-9,11,17H,4-6,16H2,1H3,(H,18,19). The van der Waals surface area contributed by atoms with Gasteiger partial charge in [-0.1, -0.05) is 0 Å². The molecule has 2 aromatic rings. The Balaban J connectivity index is 1.78. The minimum absolute atomic E-state index is 0.0416. The van der Waals surface area contributed by atoms with Gasteiger partial charge in [0, 0.05) is 35.4 Å². The van der Waals surface area contributed by atoms with Crippen molar-refractivity contribution in [3.8, 4) is 0 Å². The number of hydrogen-bond donors (Lipinski definition) is 3. The first-order chi connectivity index (χ1) is 9.63. The number of anilines is 1. The van der Waals surface area contributed by atoms with Crippen LogP contribution in [0.15, 0.2) is 24.4 Å². The molecule has 1 aliphatic heterocycles. The zero-order valence-corrected chi connectivity index (χ0v) is 11.5. The van der Waals surface area contributed by atoms with Crippen LogP contribution < -0.4 is 11.1 Å². The zero-order valence-electron chi connectivity index (χ0n) is 11.5. The Hall–Kier alpha value is -2.01. The van der Waals surface area contributed by atoms with E-state index in [-0.39, 0.29) is 18.1 Å². The molecule has 1 aliphatic rings. The summed E-state index contributed by atoms with van der Waals surface area (Å²) in [5.41, 5.74) is 7.97. The molecule has 20 heavy (non-hydrogen) atoms. The highest BCUT2D eigenvalue weighted by Crippen LogP contribution is 2.21. The molecule has 1 fully saturated rings. The SMILES string of the molecule is CC1CC(NC(=O)c2c[nH]c3cc(N)ccc23)CCO1. The van der Waals surface area contributed by atoms with Crippen LogP contribution in [0.2, 0.25) is 0 Å². The Morgan fingerprint density at radius 3 is 3.15 bits per heavy atom. The lowest BCUT2D eigenvalue weighted by molar-refractivity contribution is 0.0137. The third-order valence-electron chi connectivity index (χ3n) is 3.77. The summed E-state index contributed by atoms with van der Waals surface area (Å²) in [6, 6.07) is 5.71. The molecule has 1 amide bonds. The van der Waals surface area contributed by atoms with Crippen LogP contribution in [-0.4, -0.2) is 29.6 Å². The minimum atomic E-state index is -0.0416. The van der Waals surface area contributed by atoms with Crippen LogP contribution in [0.4, 0.5) is 5.69 Å². The van der Waals surface area contributed by atoms with Crippen LogP contribution in [0.25, 0.3) is 10.9 Å². The van der Waals surface area contributed by atoms with E-state index in [2.05, 4.69) is 10.3 Å². The number of aromatic nitrogens is 1. The van der Waals surface area contributed by atoms with Crippen LogP contribution in [0.3, 0.4) is 0 Å². The van der Waals surface area contributed by atoms with E-state index in [1.54, 1.807) is 6.20 Å². The van der Waals surface area contributed by atoms with Crippen molar-refractivity contribution in [3.63, 3.8) is 0 Å². The highest BCUT2D eigenvalue weighted by Gasteiger charge is 2.22. The second-order valence-corrected chi connectivity index (χ2v) is 5.38. The fraction of sp³-hybridized carbons (Fsp3) is 0.400. The number of H-pyrrole nitrogens is 1. The molecule has 4 N–H and O–H groups in total. The molecule has 1 saturated heterocycles. The van der Waals surface area contributed by atoms with Gasteiger partial charge in [-0.2, -0.15) is 0 Å². The minimum Gasteiger partial charge on any atom is -0.399 e. The maximum Gasteiger partial charge on any atom is 0.253 e. The Morgan fingerprint density at radius 1 is 1.50 bits per heavy atom. The Kier molecular flexibility index (Phi) is 3.36. The summed E-state index contributed by atoms with van der Waals surface area (Å²) in [4.78, 5) is 15.5. The number of nitrogens with one attached hydrogen (secondary N) is 2. The third-order valence-corrected chi connectivity index (χ3v) is 3.77. The van der Waals surface area contributed by atoms with Crippen molar-refractivity contribution in [2.45, 2.75) is 31.9 Å². The topological polar surface area (TPSA) is 80.1 Å². The lowest BCUT2D eigenvalue weighted by atomic mass is 10.0. The quantitative estimate of drug-likeness (QED) is 0.733. The van der Waals surface area contributed by atoms with Crippen LogP contribution >= 0.6 is 0 Å². The van der Waals surface area contributed by atoms with Gasteiger partial charge in [0.1, 0.15) is 0 Å². The first-order valence-corrected chi connectivity index (χ1v) is 6.92. The van der Waals surface area contributed by atoms with Crippen molar-refractivity contribution in [3.05, 3.63) is 30.0 Å². The van der Waals surface area contributed by atoms with Gasteiger partial charge in [-0.3, -0.25) is 4.79 Å². The summed E-state index contributed by atoms with van der Waals surface area (Å²) in [6.45, 7) is 2.74. The maximum atomic E-state index is 12.4. The zero-order chi connectivity index (χ0) is 14.1. The highest BCUT2D eigenvalue weighted by atomic mass is 16.5. The fourth-order valence-electron chi connectivity index (χ4n) is 2.72. The smallest absolute Gasteiger partial charge is 0.253 e. The first-order valence-electron chi connectivity index (χ1n) is 6.92. The molecule has 1 aromatic heterocycles. The number of amides is 1. The Labute approximate surface area is 117 Å². The van der Waals surface area contributed by atoms with Gasteiger partial charge in [-0.25, -0.2) is 0 Å². The molecule has 106 valence electrons. The molecule has 0 radical (unpaired) electrons. The lowest BCUT2D eigenvalue weighted by Crippen LogP contribution is -2.41. The number of benzene rings is 1. The maximum absolute atomic E-state index is 12.4. The van der Waals surface area contributed by atoms with Gasteiger partial charge >= 0.3 is 0 Å². The van der Waals surface area contributed by atoms with E-state index in [9.17, 15) is 4.79 Å². The number of carbonyl (C=O) groups is 1. The number of nitrogens with two attached hydrogens (primary N) is 1. The first kappa shape index (κ1) is 13.0. The van der Waals surface area contributed by atoms with Gasteiger partial charge < -0.3 is 20.8 Å². The molecule has 2 unspecified atom stereocenters. The fourth-order valence-corrected chi connectivity index (χ4v) is 2.72. The van der Waals surface area contributed by atoms with E-state index in [0.29, 0.717) is 17.9 Å². The van der Waals surface area contributed by atoms with Crippen molar-refractivity contribution in [2.75, 3.05) is 12.3 Å². The van der Waals surface area contributed by atoms with Crippen LogP contribution in [0.5, 0.6) is 0 Å². The predicted octanol–water partition coefficient (Wildman–Crippen LogP) is 2.05. The summed E-state index contributed by atoms with van der Waals surface area (Å²) in [6.07, 6.45) is 3.67. The molecule has 2 atom stereocenters. The molecule has 3 rings (SSSR count). The van der Waals surface area contributed by atoms with Gasteiger partial charge in [-0.05, 0) is 38.0 Å². The van der Waals surface area contributed by atoms with Crippen LogP contribution in [0.1, 0.15) is 30.1 Å². The van der Waals surface area contributed by atoms with Crippen molar-refractivity contribution >= 4 is 22.5 Å². The van der Waals surface area contributed by atoms with E-state index >= 15 is 0 Å². The lowest BCUT2D eigenvalue weighted by Gasteiger charge is -2.27. The second-order valence-electron chi connectivity index (χ2n) is 5.38. The third kappa shape index (κ3) is 2.49. The molecule has 5 heteroatoms. The number of fused-ring (bicyclic) bond motifs is 1. The van der Waals surface area contributed by atoms with Crippen molar-refractivity contribution in [2.24, 2.45) is 0 Å². The van der Waals surface area contributed by atoms with Gasteiger partial charge in [0.15, 0.2) is 0 Å². The number of nitrogen functional groups attached to an aromatic ring is 1. The van der Waals surface area contributed by atoms with Crippen molar-refractivity contribution in [1.29, 1.82) is 0 Å². The Morgan fingerprint density at radius 2 is 2.35 bits per heavy atom. The number of rotatable bonds is 2. The van der Waals surface area contributed by atoms with E-state index < -0.39 is 0 Å². The average Bonchev–Trinajstić information content (AvgIpc) is 2.81. The van der Waals surface area contributed by atoms with E-state index in [4.69, 9.17) is 10.5 Å².